The molecule has 0 fully saturated rings. The quantitative estimate of drug-likeness (QED) is 0.111. The highest BCUT2D eigenvalue weighted by Crippen LogP contribution is 2.50. The maximum atomic E-state index is 12.3. The number of hydrogen-bond donors (Lipinski definition) is 0. The molecule has 0 saturated heterocycles. The van der Waals surface area contributed by atoms with E-state index in [1.54, 1.807) is 0 Å². The van der Waals surface area contributed by atoms with Gasteiger partial charge in [-0.3, -0.25) is 9.13 Å². The predicted molar refractivity (Wildman–Crippen MR) is 126 cm³/mol. The Kier molecular flexibility index (Phi) is 19.3. The lowest BCUT2D eigenvalue weighted by Crippen LogP contribution is -1.98. The van der Waals surface area contributed by atoms with Gasteiger partial charge in [0.25, 0.3) is 0 Å². The van der Waals surface area contributed by atoms with Gasteiger partial charge in [-0.15, -0.1) is 0 Å². The molecular weight excluding hydrogens is 422 g/mol. The molecule has 0 rings (SSSR count). The van der Waals surface area contributed by atoms with Crippen molar-refractivity contribution in [3.63, 3.8) is 0 Å². The van der Waals surface area contributed by atoms with E-state index in [2.05, 4.69) is 27.0 Å². The van der Waals surface area contributed by atoms with Crippen LogP contribution in [-0.2, 0) is 27.2 Å². The van der Waals surface area contributed by atoms with Crippen LogP contribution in [0.1, 0.15) is 90.9 Å². The average molecular weight is 467 g/mol. The van der Waals surface area contributed by atoms with Crippen molar-refractivity contribution in [2.45, 2.75) is 90.9 Å². The molecule has 2 unspecified atom stereocenters. The molecule has 0 bridgehead atoms. The minimum absolute atomic E-state index is 0.415. The van der Waals surface area contributed by atoms with E-state index in [0.717, 1.165) is 77.0 Å². The van der Waals surface area contributed by atoms with Gasteiger partial charge in [0.1, 0.15) is 0 Å². The Morgan fingerprint density at radius 1 is 0.533 bits per heavy atom. The minimum atomic E-state index is -3.14. The van der Waals surface area contributed by atoms with Crippen LogP contribution in [0.15, 0.2) is 24.8 Å². The Morgan fingerprint density at radius 3 is 1.07 bits per heavy atom. The second-order valence-electron chi connectivity index (χ2n) is 7.31. The molecule has 2 atom stereocenters. The van der Waals surface area contributed by atoms with Crippen molar-refractivity contribution >= 4 is 15.2 Å². The standard InChI is InChI=1S/C22H44O6P2/c1-5-9-15-19-25-29(23,7-3)27-21-17-13-11-12-14-18-22-28-30(24,8-4)26-20-16-10-6-2/h7-8H,3-6,9-22H2,1-2H3. The summed E-state index contributed by atoms with van der Waals surface area (Å²) in [6.45, 7) is 13.1. The number of rotatable bonds is 23. The van der Waals surface area contributed by atoms with Gasteiger partial charge in [0.2, 0.25) is 0 Å². The van der Waals surface area contributed by atoms with Gasteiger partial charge >= 0.3 is 15.2 Å². The van der Waals surface area contributed by atoms with E-state index >= 15 is 0 Å². The van der Waals surface area contributed by atoms with Crippen LogP contribution < -0.4 is 0 Å². The first-order chi connectivity index (χ1) is 14.4. The average Bonchev–Trinajstić information content (AvgIpc) is 2.75. The van der Waals surface area contributed by atoms with E-state index < -0.39 is 15.2 Å². The van der Waals surface area contributed by atoms with E-state index in [9.17, 15) is 9.13 Å². The fraction of sp³-hybridized carbons (Fsp3) is 0.818. The molecule has 0 saturated carbocycles. The zero-order valence-electron chi connectivity index (χ0n) is 19.2. The molecular formula is C22H44O6P2. The summed E-state index contributed by atoms with van der Waals surface area (Å²) in [5.74, 6) is 2.60. The fourth-order valence-corrected chi connectivity index (χ4v) is 4.77. The van der Waals surface area contributed by atoms with Crippen LogP contribution in [0, 0.1) is 0 Å². The topological polar surface area (TPSA) is 71.1 Å². The summed E-state index contributed by atoms with van der Waals surface area (Å²) >= 11 is 0. The van der Waals surface area contributed by atoms with Crippen LogP contribution >= 0.6 is 15.2 Å². The van der Waals surface area contributed by atoms with Crippen molar-refractivity contribution < 1.29 is 27.2 Å². The highest BCUT2D eigenvalue weighted by molar-refractivity contribution is 7.57. The Bertz CT molecular complexity index is 478. The summed E-state index contributed by atoms with van der Waals surface area (Å²) in [6, 6.07) is 0. The Morgan fingerprint density at radius 2 is 0.800 bits per heavy atom. The van der Waals surface area contributed by atoms with Gasteiger partial charge in [-0.25, -0.2) is 0 Å². The molecule has 0 amide bonds. The summed E-state index contributed by atoms with van der Waals surface area (Å²) in [7, 11) is -6.28. The maximum Gasteiger partial charge on any atom is 0.353 e. The predicted octanol–water partition coefficient (Wildman–Crippen LogP) is 8.45. The SMILES string of the molecule is C=CP(=O)(OCCCCC)OCCCCCCCCOP(=O)(C=C)OCCCCC. The van der Waals surface area contributed by atoms with Gasteiger partial charge in [0.05, 0.1) is 26.4 Å². The summed E-state index contributed by atoms with van der Waals surface area (Å²) < 4.78 is 46.3. The lowest BCUT2D eigenvalue weighted by Gasteiger charge is -2.15. The zero-order valence-corrected chi connectivity index (χ0v) is 21.0. The zero-order chi connectivity index (χ0) is 22.6. The van der Waals surface area contributed by atoms with Gasteiger partial charge in [-0.1, -0.05) is 78.4 Å². The molecule has 0 aromatic rings. The molecule has 0 N–H and O–H groups in total. The summed E-state index contributed by atoms with van der Waals surface area (Å²) in [5.41, 5.74) is 0. The third kappa shape index (κ3) is 16.5. The largest absolute Gasteiger partial charge is 0.353 e. The van der Waals surface area contributed by atoms with E-state index in [4.69, 9.17) is 18.1 Å². The van der Waals surface area contributed by atoms with Crippen molar-refractivity contribution in [3.05, 3.63) is 24.8 Å². The number of hydrogen-bond acceptors (Lipinski definition) is 6. The Balaban J connectivity index is 3.70. The maximum absolute atomic E-state index is 12.3. The second-order valence-corrected chi connectivity index (χ2v) is 11.2. The molecule has 30 heavy (non-hydrogen) atoms. The lowest BCUT2D eigenvalue weighted by molar-refractivity contribution is 0.203. The van der Waals surface area contributed by atoms with Crippen molar-refractivity contribution in [2.75, 3.05) is 26.4 Å². The lowest BCUT2D eigenvalue weighted by atomic mass is 10.1. The Labute approximate surface area is 184 Å². The Hall–Kier alpha value is -0.220. The normalized spacial score (nSPS) is 15.4. The fourth-order valence-electron chi connectivity index (χ4n) is 2.67. The summed E-state index contributed by atoms with van der Waals surface area (Å²) in [6.07, 6.45) is 11.9. The van der Waals surface area contributed by atoms with E-state index in [1.807, 2.05) is 0 Å². The first-order valence-electron chi connectivity index (χ1n) is 11.5. The van der Waals surface area contributed by atoms with Crippen molar-refractivity contribution in [1.29, 1.82) is 0 Å². The molecule has 0 spiro atoms. The minimum Gasteiger partial charge on any atom is -0.306 e. The monoisotopic (exact) mass is 466 g/mol. The smallest absolute Gasteiger partial charge is 0.306 e. The number of unbranched alkanes of at least 4 members (excludes halogenated alkanes) is 9. The van der Waals surface area contributed by atoms with Gasteiger partial charge < -0.3 is 18.1 Å². The molecule has 178 valence electrons. The summed E-state index contributed by atoms with van der Waals surface area (Å²) in [4.78, 5) is 0. The van der Waals surface area contributed by atoms with Crippen molar-refractivity contribution in [2.24, 2.45) is 0 Å². The van der Waals surface area contributed by atoms with Crippen LogP contribution in [0.3, 0.4) is 0 Å². The van der Waals surface area contributed by atoms with Gasteiger partial charge in [0, 0.05) is 11.6 Å². The molecule has 0 aromatic heterocycles. The van der Waals surface area contributed by atoms with Gasteiger partial charge in [0.15, 0.2) is 0 Å². The van der Waals surface area contributed by atoms with Crippen molar-refractivity contribution in [1.82, 2.24) is 0 Å². The second kappa shape index (κ2) is 19.5. The summed E-state index contributed by atoms with van der Waals surface area (Å²) in [5, 5.41) is 0. The van der Waals surface area contributed by atoms with Crippen molar-refractivity contribution in [3.8, 4) is 0 Å². The van der Waals surface area contributed by atoms with E-state index in [1.165, 1.54) is 11.6 Å². The van der Waals surface area contributed by atoms with Gasteiger partial charge in [-0.05, 0) is 25.7 Å². The first-order valence-corrected chi connectivity index (χ1v) is 14.7. The van der Waals surface area contributed by atoms with E-state index in [-0.39, 0.29) is 0 Å². The molecule has 0 radical (unpaired) electrons. The molecule has 0 aromatic carbocycles. The molecule has 0 aliphatic carbocycles. The molecule has 0 heterocycles. The van der Waals surface area contributed by atoms with E-state index in [0.29, 0.717) is 26.4 Å². The third-order valence-corrected chi connectivity index (χ3v) is 7.63. The highest BCUT2D eigenvalue weighted by Gasteiger charge is 2.20. The highest BCUT2D eigenvalue weighted by atomic mass is 31.2. The van der Waals surface area contributed by atoms with Crippen LogP contribution in [0.2, 0.25) is 0 Å². The third-order valence-electron chi connectivity index (χ3n) is 4.57. The van der Waals surface area contributed by atoms with Crippen LogP contribution in [0.4, 0.5) is 0 Å². The molecule has 8 heteroatoms. The molecule has 6 nitrogen and oxygen atoms in total. The first kappa shape index (κ1) is 29.8. The molecule has 0 aliphatic heterocycles. The van der Waals surface area contributed by atoms with Crippen LogP contribution in [0.25, 0.3) is 0 Å². The van der Waals surface area contributed by atoms with Gasteiger partial charge in [-0.2, -0.15) is 0 Å². The van der Waals surface area contributed by atoms with Crippen LogP contribution in [-0.4, -0.2) is 26.4 Å². The van der Waals surface area contributed by atoms with Crippen LogP contribution in [0.5, 0.6) is 0 Å². The molecule has 0 aliphatic rings.